The molecule has 1 aromatic heterocycles. The molecule has 5 nitrogen and oxygen atoms in total. The van der Waals surface area contributed by atoms with Crippen molar-refractivity contribution >= 4 is 11.6 Å². The van der Waals surface area contributed by atoms with Gasteiger partial charge in [-0.2, -0.15) is 0 Å². The predicted molar refractivity (Wildman–Crippen MR) is 81.2 cm³/mol. The van der Waals surface area contributed by atoms with Crippen LogP contribution in [0.4, 0.5) is 5.69 Å². The molecule has 0 spiro atoms. The van der Waals surface area contributed by atoms with Crippen LogP contribution in [0.25, 0.3) is 0 Å². The minimum Gasteiger partial charge on any atom is -0.367 e. The fraction of sp³-hybridized carbons (Fsp3) is 0.600. The third-order valence-corrected chi connectivity index (χ3v) is 3.70. The Balaban J connectivity index is 2.16. The van der Waals surface area contributed by atoms with E-state index in [1.54, 1.807) is 6.20 Å². The lowest BCUT2D eigenvalue weighted by atomic mass is 10.0. The molecular weight excluding hydrogens is 252 g/mol. The molecule has 1 unspecified atom stereocenters. The zero-order valence-electron chi connectivity index (χ0n) is 12.4. The van der Waals surface area contributed by atoms with Gasteiger partial charge in [0.15, 0.2) is 0 Å². The SMILES string of the molecule is CCNC(=O)c1cc(N(CC)C2CCCNC2)ccn1. The number of anilines is 1. The van der Waals surface area contributed by atoms with E-state index in [2.05, 4.69) is 27.4 Å². The highest BCUT2D eigenvalue weighted by atomic mass is 16.1. The molecule has 1 amide bonds. The Bertz CT molecular complexity index is 443. The maximum Gasteiger partial charge on any atom is 0.269 e. The fourth-order valence-electron chi connectivity index (χ4n) is 2.72. The number of hydrogen-bond acceptors (Lipinski definition) is 4. The standard InChI is InChI=1S/C15H24N4O/c1-3-17-15(20)14-10-12(7-9-18-14)19(4-2)13-6-5-8-16-11-13/h7,9-10,13,16H,3-6,8,11H2,1-2H3,(H,17,20). The summed E-state index contributed by atoms with van der Waals surface area (Å²) in [7, 11) is 0. The lowest BCUT2D eigenvalue weighted by Gasteiger charge is -2.35. The van der Waals surface area contributed by atoms with Crippen LogP contribution >= 0.6 is 0 Å². The second kappa shape index (κ2) is 7.24. The van der Waals surface area contributed by atoms with Crippen LogP contribution in [-0.4, -0.2) is 43.1 Å². The molecule has 1 fully saturated rings. The van der Waals surface area contributed by atoms with Crippen LogP contribution in [0.15, 0.2) is 18.3 Å². The Hall–Kier alpha value is -1.62. The van der Waals surface area contributed by atoms with Crippen LogP contribution in [0.1, 0.15) is 37.2 Å². The molecule has 1 aliphatic rings. The predicted octanol–water partition coefficient (Wildman–Crippen LogP) is 1.41. The van der Waals surface area contributed by atoms with E-state index in [1.165, 1.54) is 12.8 Å². The highest BCUT2D eigenvalue weighted by molar-refractivity contribution is 5.93. The highest BCUT2D eigenvalue weighted by Crippen LogP contribution is 2.20. The highest BCUT2D eigenvalue weighted by Gasteiger charge is 2.20. The number of nitrogens with zero attached hydrogens (tertiary/aromatic N) is 2. The molecule has 0 saturated carbocycles. The Morgan fingerprint density at radius 2 is 2.40 bits per heavy atom. The monoisotopic (exact) mass is 276 g/mol. The molecule has 2 N–H and O–H groups in total. The number of amides is 1. The van der Waals surface area contributed by atoms with Crippen molar-refractivity contribution in [2.75, 3.05) is 31.1 Å². The molecule has 20 heavy (non-hydrogen) atoms. The van der Waals surface area contributed by atoms with Crippen molar-refractivity contribution in [3.8, 4) is 0 Å². The third kappa shape index (κ3) is 3.48. The molecule has 1 aliphatic heterocycles. The van der Waals surface area contributed by atoms with Gasteiger partial charge >= 0.3 is 0 Å². The number of hydrogen-bond donors (Lipinski definition) is 2. The maximum atomic E-state index is 11.9. The molecule has 0 bridgehead atoms. The van der Waals surface area contributed by atoms with Gasteiger partial charge in [0.25, 0.3) is 5.91 Å². The largest absolute Gasteiger partial charge is 0.367 e. The van der Waals surface area contributed by atoms with Crippen molar-refractivity contribution in [3.63, 3.8) is 0 Å². The number of carbonyl (C=O) groups is 1. The second-order valence-corrected chi connectivity index (χ2v) is 5.04. The Labute approximate surface area is 120 Å². The smallest absolute Gasteiger partial charge is 0.269 e. The number of aromatic nitrogens is 1. The van der Waals surface area contributed by atoms with Crippen LogP contribution in [0, 0.1) is 0 Å². The van der Waals surface area contributed by atoms with Crippen LogP contribution in [-0.2, 0) is 0 Å². The number of rotatable bonds is 5. The van der Waals surface area contributed by atoms with E-state index in [1.807, 2.05) is 19.1 Å². The van der Waals surface area contributed by atoms with E-state index in [4.69, 9.17) is 0 Å². The van der Waals surface area contributed by atoms with Crippen molar-refractivity contribution in [2.45, 2.75) is 32.7 Å². The first-order chi connectivity index (χ1) is 9.76. The normalized spacial score (nSPS) is 18.6. The van der Waals surface area contributed by atoms with Gasteiger partial charge in [-0.3, -0.25) is 9.78 Å². The molecule has 110 valence electrons. The average molecular weight is 276 g/mol. The Kier molecular flexibility index (Phi) is 5.35. The van der Waals surface area contributed by atoms with E-state index < -0.39 is 0 Å². The number of pyridine rings is 1. The summed E-state index contributed by atoms with van der Waals surface area (Å²) in [6, 6.07) is 4.38. The molecule has 1 aromatic rings. The van der Waals surface area contributed by atoms with E-state index in [9.17, 15) is 4.79 Å². The summed E-state index contributed by atoms with van der Waals surface area (Å²) in [5, 5.41) is 6.23. The Morgan fingerprint density at radius 1 is 1.55 bits per heavy atom. The van der Waals surface area contributed by atoms with Crippen molar-refractivity contribution < 1.29 is 4.79 Å². The van der Waals surface area contributed by atoms with Crippen molar-refractivity contribution in [1.82, 2.24) is 15.6 Å². The zero-order valence-corrected chi connectivity index (χ0v) is 12.4. The quantitative estimate of drug-likeness (QED) is 0.854. The summed E-state index contributed by atoms with van der Waals surface area (Å²) in [5.41, 5.74) is 1.57. The van der Waals surface area contributed by atoms with Gasteiger partial charge in [-0.1, -0.05) is 0 Å². The lowest BCUT2D eigenvalue weighted by Crippen LogP contribution is -2.46. The molecular formula is C15H24N4O. The fourth-order valence-corrected chi connectivity index (χ4v) is 2.72. The van der Waals surface area contributed by atoms with Gasteiger partial charge in [-0.15, -0.1) is 0 Å². The van der Waals surface area contributed by atoms with Gasteiger partial charge in [-0.05, 0) is 45.4 Å². The third-order valence-electron chi connectivity index (χ3n) is 3.70. The maximum absolute atomic E-state index is 11.9. The minimum atomic E-state index is -0.104. The van der Waals surface area contributed by atoms with Gasteiger partial charge in [0.2, 0.25) is 0 Å². The van der Waals surface area contributed by atoms with Gasteiger partial charge in [0.1, 0.15) is 5.69 Å². The summed E-state index contributed by atoms with van der Waals surface area (Å²) >= 11 is 0. The van der Waals surface area contributed by atoms with Crippen LogP contribution in [0.3, 0.4) is 0 Å². The van der Waals surface area contributed by atoms with Crippen molar-refractivity contribution in [2.24, 2.45) is 0 Å². The van der Waals surface area contributed by atoms with Gasteiger partial charge < -0.3 is 15.5 Å². The molecule has 0 aliphatic carbocycles. The first-order valence-corrected chi connectivity index (χ1v) is 7.47. The number of piperidine rings is 1. The zero-order chi connectivity index (χ0) is 14.4. The van der Waals surface area contributed by atoms with Crippen molar-refractivity contribution in [3.05, 3.63) is 24.0 Å². The summed E-state index contributed by atoms with van der Waals surface area (Å²) in [4.78, 5) is 18.4. The molecule has 0 aromatic carbocycles. The van der Waals surface area contributed by atoms with E-state index in [0.29, 0.717) is 18.3 Å². The average Bonchev–Trinajstić information content (AvgIpc) is 2.50. The minimum absolute atomic E-state index is 0.104. The first-order valence-electron chi connectivity index (χ1n) is 7.47. The van der Waals surface area contributed by atoms with E-state index in [-0.39, 0.29) is 5.91 Å². The van der Waals surface area contributed by atoms with Crippen LogP contribution < -0.4 is 15.5 Å². The molecule has 1 saturated heterocycles. The number of carbonyl (C=O) groups excluding carboxylic acids is 1. The molecule has 2 rings (SSSR count). The number of nitrogens with one attached hydrogen (secondary N) is 2. The van der Waals surface area contributed by atoms with Crippen molar-refractivity contribution in [1.29, 1.82) is 0 Å². The summed E-state index contributed by atoms with van der Waals surface area (Å²) in [6.07, 6.45) is 4.12. The molecule has 5 heteroatoms. The molecule has 0 radical (unpaired) electrons. The topological polar surface area (TPSA) is 57.3 Å². The summed E-state index contributed by atoms with van der Waals surface area (Å²) in [6.45, 7) is 7.73. The van der Waals surface area contributed by atoms with Gasteiger partial charge in [0.05, 0.1) is 0 Å². The van der Waals surface area contributed by atoms with E-state index in [0.717, 1.165) is 25.3 Å². The second-order valence-electron chi connectivity index (χ2n) is 5.04. The summed E-state index contributed by atoms with van der Waals surface area (Å²) < 4.78 is 0. The molecule has 2 heterocycles. The van der Waals surface area contributed by atoms with Crippen LogP contribution in [0.2, 0.25) is 0 Å². The summed E-state index contributed by atoms with van der Waals surface area (Å²) in [5.74, 6) is -0.104. The molecule has 1 atom stereocenters. The van der Waals surface area contributed by atoms with E-state index >= 15 is 0 Å². The number of likely N-dealkylation sites (N-methyl/N-ethyl adjacent to an activating group) is 1. The lowest BCUT2D eigenvalue weighted by molar-refractivity contribution is 0.0951. The van der Waals surface area contributed by atoms with Gasteiger partial charge in [-0.25, -0.2) is 0 Å². The first kappa shape index (κ1) is 14.8. The van der Waals surface area contributed by atoms with Gasteiger partial charge in [0, 0.05) is 37.6 Å². The van der Waals surface area contributed by atoms with Crippen LogP contribution in [0.5, 0.6) is 0 Å². The Morgan fingerprint density at radius 3 is 3.05 bits per heavy atom.